The Morgan fingerprint density at radius 2 is 1.88 bits per heavy atom. The quantitative estimate of drug-likeness (QED) is 0.837. The smallest absolute Gasteiger partial charge is 0.253 e. The van der Waals surface area contributed by atoms with Crippen LogP contribution in [0.2, 0.25) is 0 Å². The number of carbonyl (C=O) groups is 1. The van der Waals surface area contributed by atoms with Crippen LogP contribution in [0.1, 0.15) is 28.8 Å². The first-order valence-corrected chi connectivity index (χ1v) is 8.14. The van der Waals surface area contributed by atoms with E-state index in [4.69, 9.17) is 4.74 Å². The van der Waals surface area contributed by atoms with Gasteiger partial charge < -0.3 is 9.64 Å². The molecule has 2 aromatic carbocycles. The second-order valence-corrected chi connectivity index (χ2v) is 6.05. The van der Waals surface area contributed by atoms with Crippen LogP contribution in [0.4, 0.5) is 13.2 Å². The molecule has 0 aromatic heterocycles. The fourth-order valence-corrected chi connectivity index (χ4v) is 2.90. The minimum absolute atomic E-state index is 0.0488. The van der Waals surface area contributed by atoms with Gasteiger partial charge in [-0.3, -0.25) is 4.79 Å². The molecule has 3 rings (SSSR count). The van der Waals surface area contributed by atoms with E-state index in [9.17, 15) is 18.0 Å². The molecular weight excluding hydrogens is 331 g/mol. The molecule has 0 N–H and O–H groups in total. The third-order valence-corrected chi connectivity index (χ3v) is 4.26. The molecule has 0 aliphatic carbocycles. The molecule has 1 amide bonds. The average molecular weight is 349 g/mol. The van der Waals surface area contributed by atoms with Crippen molar-refractivity contribution in [2.24, 2.45) is 0 Å². The highest BCUT2D eigenvalue weighted by atomic mass is 19.2. The second-order valence-electron chi connectivity index (χ2n) is 6.05. The minimum Gasteiger partial charge on any atom is -0.372 e. The number of piperidine rings is 1. The number of ether oxygens (including phenoxy) is 1. The van der Waals surface area contributed by atoms with E-state index < -0.39 is 17.5 Å². The number of carbonyl (C=O) groups excluding carboxylic acids is 1. The van der Waals surface area contributed by atoms with Gasteiger partial charge in [0.1, 0.15) is 5.82 Å². The monoisotopic (exact) mass is 349 g/mol. The molecule has 0 unspecified atom stereocenters. The molecule has 1 saturated heterocycles. The van der Waals surface area contributed by atoms with Gasteiger partial charge >= 0.3 is 0 Å². The van der Waals surface area contributed by atoms with Crippen LogP contribution in [-0.2, 0) is 11.3 Å². The fourth-order valence-electron chi connectivity index (χ4n) is 2.90. The van der Waals surface area contributed by atoms with E-state index in [1.54, 1.807) is 4.90 Å². The van der Waals surface area contributed by atoms with Gasteiger partial charge in [0.15, 0.2) is 11.6 Å². The number of nitrogens with zero attached hydrogens (tertiary/aromatic N) is 1. The van der Waals surface area contributed by atoms with Crippen molar-refractivity contribution in [2.75, 3.05) is 13.1 Å². The lowest BCUT2D eigenvalue weighted by Crippen LogP contribution is -2.43. The zero-order valence-electron chi connectivity index (χ0n) is 13.6. The first-order valence-electron chi connectivity index (χ1n) is 8.14. The van der Waals surface area contributed by atoms with E-state index in [1.165, 1.54) is 36.4 Å². The molecule has 1 atom stereocenters. The summed E-state index contributed by atoms with van der Waals surface area (Å²) in [6.45, 7) is 0.907. The topological polar surface area (TPSA) is 29.5 Å². The molecule has 25 heavy (non-hydrogen) atoms. The van der Waals surface area contributed by atoms with Gasteiger partial charge in [0.05, 0.1) is 12.7 Å². The molecule has 3 nitrogen and oxygen atoms in total. The van der Waals surface area contributed by atoms with Crippen molar-refractivity contribution in [3.05, 3.63) is 71.0 Å². The number of amides is 1. The first kappa shape index (κ1) is 17.5. The molecule has 0 bridgehead atoms. The molecular formula is C19H18F3NO2. The summed E-state index contributed by atoms with van der Waals surface area (Å²) in [7, 11) is 0. The van der Waals surface area contributed by atoms with Gasteiger partial charge in [-0.05, 0) is 43.2 Å². The molecule has 1 fully saturated rings. The molecule has 0 saturated carbocycles. The van der Waals surface area contributed by atoms with Crippen molar-refractivity contribution in [3.8, 4) is 0 Å². The summed E-state index contributed by atoms with van der Waals surface area (Å²) in [5.41, 5.74) is 0.570. The van der Waals surface area contributed by atoms with Crippen LogP contribution >= 0.6 is 0 Å². The zero-order chi connectivity index (χ0) is 17.8. The fraction of sp³-hybridized carbons (Fsp3) is 0.316. The second kappa shape index (κ2) is 7.70. The maximum atomic E-state index is 13.7. The van der Waals surface area contributed by atoms with Gasteiger partial charge in [-0.25, -0.2) is 13.2 Å². The van der Waals surface area contributed by atoms with E-state index in [2.05, 4.69) is 0 Å². The van der Waals surface area contributed by atoms with E-state index in [0.29, 0.717) is 18.7 Å². The summed E-state index contributed by atoms with van der Waals surface area (Å²) in [4.78, 5) is 14.1. The van der Waals surface area contributed by atoms with Crippen LogP contribution in [0.3, 0.4) is 0 Å². The maximum Gasteiger partial charge on any atom is 0.253 e. The average Bonchev–Trinajstić information content (AvgIpc) is 2.63. The van der Waals surface area contributed by atoms with Gasteiger partial charge in [-0.2, -0.15) is 0 Å². The highest BCUT2D eigenvalue weighted by Crippen LogP contribution is 2.19. The van der Waals surface area contributed by atoms with Crippen LogP contribution < -0.4 is 0 Å². The normalized spacial score (nSPS) is 17.6. The van der Waals surface area contributed by atoms with Crippen molar-refractivity contribution in [1.29, 1.82) is 0 Å². The van der Waals surface area contributed by atoms with Gasteiger partial charge in [-0.1, -0.05) is 12.1 Å². The van der Waals surface area contributed by atoms with Gasteiger partial charge in [-0.15, -0.1) is 0 Å². The Labute approximate surface area is 144 Å². The number of hydrogen-bond donors (Lipinski definition) is 0. The van der Waals surface area contributed by atoms with Gasteiger partial charge in [0.2, 0.25) is 0 Å². The lowest BCUT2D eigenvalue weighted by Gasteiger charge is -2.32. The maximum absolute atomic E-state index is 13.7. The molecule has 0 spiro atoms. The summed E-state index contributed by atoms with van der Waals surface area (Å²) < 4.78 is 45.5. The molecule has 1 heterocycles. The molecule has 6 heteroatoms. The third-order valence-electron chi connectivity index (χ3n) is 4.26. The lowest BCUT2D eigenvalue weighted by atomic mass is 10.1. The van der Waals surface area contributed by atoms with Gasteiger partial charge in [0.25, 0.3) is 5.91 Å². The van der Waals surface area contributed by atoms with Crippen molar-refractivity contribution in [2.45, 2.75) is 25.6 Å². The predicted octanol–water partition coefficient (Wildman–Crippen LogP) is 3.93. The number of rotatable bonds is 4. The van der Waals surface area contributed by atoms with Crippen molar-refractivity contribution in [3.63, 3.8) is 0 Å². The van der Waals surface area contributed by atoms with E-state index in [1.807, 2.05) is 0 Å². The van der Waals surface area contributed by atoms with Crippen LogP contribution in [0.15, 0.2) is 42.5 Å². The van der Waals surface area contributed by atoms with E-state index in [0.717, 1.165) is 18.9 Å². The van der Waals surface area contributed by atoms with Crippen LogP contribution in [0.5, 0.6) is 0 Å². The Morgan fingerprint density at radius 3 is 2.64 bits per heavy atom. The predicted molar refractivity (Wildman–Crippen MR) is 86.5 cm³/mol. The summed E-state index contributed by atoms with van der Waals surface area (Å²) in [5.74, 6) is -2.39. The van der Waals surface area contributed by atoms with Gasteiger partial charge in [0, 0.05) is 24.2 Å². The largest absolute Gasteiger partial charge is 0.372 e. The molecule has 132 valence electrons. The van der Waals surface area contributed by atoms with Crippen molar-refractivity contribution in [1.82, 2.24) is 4.90 Å². The summed E-state index contributed by atoms with van der Waals surface area (Å²) in [6.07, 6.45) is 1.24. The highest BCUT2D eigenvalue weighted by molar-refractivity contribution is 5.94. The number of halogens is 3. The summed E-state index contributed by atoms with van der Waals surface area (Å²) in [5, 5.41) is 0. The van der Waals surface area contributed by atoms with Crippen LogP contribution in [-0.4, -0.2) is 30.0 Å². The number of benzene rings is 2. The van der Waals surface area contributed by atoms with Crippen LogP contribution in [0, 0.1) is 17.5 Å². The minimum atomic E-state index is -0.905. The SMILES string of the molecule is O=C(c1ccc(F)cc1)N1CCC[C@H](OCc2cccc(F)c2F)C1. The standard InChI is InChI=1S/C19H18F3NO2/c20-15-8-6-13(7-9-15)19(24)23-10-2-4-16(11-23)25-12-14-3-1-5-17(21)18(14)22/h1,3,5-9,16H,2,4,10-12H2/t16-/m0/s1. The summed E-state index contributed by atoms with van der Waals surface area (Å²) in [6, 6.07) is 9.36. The van der Waals surface area contributed by atoms with Crippen LogP contribution in [0.25, 0.3) is 0 Å². The third kappa shape index (κ3) is 4.20. The molecule has 1 aliphatic rings. The van der Waals surface area contributed by atoms with Crippen molar-refractivity contribution >= 4 is 5.91 Å². The molecule has 1 aliphatic heterocycles. The zero-order valence-corrected chi connectivity index (χ0v) is 13.6. The highest BCUT2D eigenvalue weighted by Gasteiger charge is 2.25. The van der Waals surface area contributed by atoms with E-state index in [-0.39, 0.29) is 24.2 Å². The number of hydrogen-bond acceptors (Lipinski definition) is 2. The Bertz CT molecular complexity index is 749. The lowest BCUT2D eigenvalue weighted by molar-refractivity contribution is -0.00777. The molecule has 2 aromatic rings. The first-order chi connectivity index (χ1) is 12.0. The Hall–Kier alpha value is -2.34. The Balaban J connectivity index is 1.60. The van der Waals surface area contributed by atoms with Crippen molar-refractivity contribution < 1.29 is 22.7 Å². The molecule has 0 radical (unpaired) electrons. The Morgan fingerprint density at radius 1 is 1.12 bits per heavy atom. The Kier molecular flexibility index (Phi) is 5.38. The summed E-state index contributed by atoms with van der Waals surface area (Å²) >= 11 is 0. The van der Waals surface area contributed by atoms with E-state index >= 15 is 0 Å². The number of likely N-dealkylation sites (tertiary alicyclic amines) is 1.